The van der Waals surface area contributed by atoms with Crippen molar-refractivity contribution in [3.05, 3.63) is 54.1 Å². The molecule has 0 aliphatic carbocycles. The van der Waals surface area contributed by atoms with Crippen LogP contribution in [0.3, 0.4) is 0 Å². The number of methoxy groups -OCH3 is 1. The van der Waals surface area contributed by atoms with E-state index in [9.17, 15) is 22.8 Å². The van der Waals surface area contributed by atoms with Crippen LogP contribution in [0.15, 0.2) is 48.5 Å². The van der Waals surface area contributed by atoms with E-state index in [1.165, 1.54) is 12.1 Å². The lowest BCUT2D eigenvalue weighted by atomic mass is 10.2. The Hall–Kier alpha value is -3.23. The number of benzene rings is 2. The van der Waals surface area contributed by atoms with Crippen molar-refractivity contribution in [2.45, 2.75) is 19.0 Å². The van der Waals surface area contributed by atoms with Gasteiger partial charge in [-0.05, 0) is 48.9 Å². The van der Waals surface area contributed by atoms with Gasteiger partial charge in [-0.25, -0.2) is 0 Å². The normalized spacial score (nSPS) is 10.9. The summed E-state index contributed by atoms with van der Waals surface area (Å²) in [5.74, 6) is -0.0151. The number of halogens is 3. The summed E-state index contributed by atoms with van der Waals surface area (Å²) in [5, 5.41) is 2.26. The van der Waals surface area contributed by atoms with Crippen LogP contribution in [0.2, 0.25) is 0 Å². The van der Waals surface area contributed by atoms with Gasteiger partial charge < -0.3 is 19.5 Å². The number of anilines is 1. The van der Waals surface area contributed by atoms with Crippen molar-refractivity contribution in [2.24, 2.45) is 0 Å². The Balaban J connectivity index is 1.66. The molecule has 9 heteroatoms. The number of ether oxygens (including phenoxy) is 3. The predicted octanol–water partition coefficient (Wildman–Crippen LogP) is 4.05. The van der Waals surface area contributed by atoms with Crippen LogP contribution in [-0.2, 0) is 20.5 Å². The molecule has 0 saturated carbocycles. The molecule has 0 atom stereocenters. The lowest BCUT2D eigenvalue weighted by molar-refractivity contribution is -0.147. The molecule has 6 nitrogen and oxygen atoms in total. The highest BCUT2D eigenvalue weighted by Crippen LogP contribution is 2.30. The van der Waals surface area contributed by atoms with Crippen molar-refractivity contribution in [3.63, 3.8) is 0 Å². The summed E-state index contributed by atoms with van der Waals surface area (Å²) >= 11 is 0. The van der Waals surface area contributed by atoms with Gasteiger partial charge in [0.1, 0.15) is 11.5 Å². The maximum Gasteiger partial charge on any atom is 0.416 e. The van der Waals surface area contributed by atoms with Crippen molar-refractivity contribution in [3.8, 4) is 11.5 Å². The van der Waals surface area contributed by atoms with Crippen LogP contribution < -0.4 is 14.8 Å². The Kier molecular flexibility index (Phi) is 7.88. The first-order valence-electron chi connectivity index (χ1n) is 8.67. The zero-order valence-electron chi connectivity index (χ0n) is 15.6. The highest BCUT2D eigenvalue weighted by molar-refractivity contribution is 5.92. The van der Waals surface area contributed by atoms with Crippen LogP contribution in [0.1, 0.15) is 18.4 Å². The summed E-state index contributed by atoms with van der Waals surface area (Å²) < 4.78 is 53.3. The standard InChI is InChI=1S/C20H20F3NO5/c1-27-16-7-9-17(10-8-16)28-11-3-6-19(26)29-13-18(25)24-15-5-2-4-14(12-15)20(21,22)23/h2,4-5,7-10,12H,3,6,11,13H2,1H3,(H,24,25). The van der Waals surface area contributed by atoms with Crippen molar-refractivity contribution >= 4 is 17.6 Å². The fourth-order valence-corrected chi connectivity index (χ4v) is 2.27. The van der Waals surface area contributed by atoms with Gasteiger partial charge in [-0.3, -0.25) is 9.59 Å². The maximum absolute atomic E-state index is 12.7. The molecule has 0 aliphatic heterocycles. The minimum absolute atomic E-state index is 0.0336. The van der Waals surface area contributed by atoms with Gasteiger partial charge in [0.2, 0.25) is 0 Å². The summed E-state index contributed by atoms with van der Waals surface area (Å²) in [4.78, 5) is 23.4. The number of esters is 1. The molecule has 2 aromatic rings. The molecule has 0 radical (unpaired) electrons. The molecule has 0 saturated heterocycles. The number of amides is 1. The molecule has 0 bridgehead atoms. The molecule has 0 spiro atoms. The van der Waals surface area contributed by atoms with Crippen LogP contribution >= 0.6 is 0 Å². The maximum atomic E-state index is 12.7. The second-order valence-electron chi connectivity index (χ2n) is 5.91. The average molecular weight is 411 g/mol. The van der Waals surface area contributed by atoms with Crippen LogP contribution in [0.25, 0.3) is 0 Å². The van der Waals surface area contributed by atoms with Gasteiger partial charge in [0.05, 0.1) is 19.3 Å². The number of nitrogens with one attached hydrogen (secondary N) is 1. The first-order chi connectivity index (χ1) is 13.8. The van der Waals surface area contributed by atoms with Gasteiger partial charge in [0.25, 0.3) is 5.91 Å². The molecule has 2 rings (SSSR count). The summed E-state index contributed by atoms with van der Waals surface area (Å²) in [6.45, 7) is -0.313. The Bertz CT molecular complexity index is 822. The number of hydrogen-bond acceptors (Lipinski definition) is 5. The monoisotopic (exact) mass is 411 g/mol. The third kappa shape index (κ3) is 7.73. The number of carbonyl (C=O) groups excluding carboxylic acids is 2. The summed E-state index contributed by atoms with van der Waals surface area (Å²) in [6.07, 6.45) is -4.10. The Labute approximate surface area is 165 Å². The lowest BCUT2D eigenvalue weighted by Gasteiger charge is -2.10. The van der Waals surface area contributed by atoms with E-state index < -0.39 is 30.2 Å². The van der Waals surface area contributed by atoms with Crippen LogP contribution in [0.5, 0.6) is 11.5 Å². The molecule has 0 aliphatic rings. The fourth-order valence-electron chi connectivity index (χ4n) is 2.27. The average Bonchev–Trinajstić information content (AvgIpc) is 2.69. The van der Waals surface area contributed by atoms with E-state index in [0.29, 0.717) is 17.9 Å². The molecular weight excluding hydrogens is 391 g/mol. The molecule has 1 N–H and O–H groups in total. The van der Waals surface area contributed by atoms with E-state index in [2.05, 4.69) is 5.32 Å². The van der Waals surface area contributed by atoms with Gasteiger partial charge in [-0.2, -0.15) is 13.2 Å². The van der Waals surface area contributed by atoms with E-state index >= 15 is 0 Å². The third-order valence-corrected chi connectivity index (χ3v) is 3.69. The Morgan fingerprint density at radius 2 is 1.72 bits per heavy atom. The summed E-state index contributed by atoms with van der Waals surface area (Å²) in [5.41, 5.74) is -0.919. The molecule has 29 heavy (non-hydrogen) atoms. The highest BCUT2D eigenvalue weighted by atomic mass is 19.4. The molecule has 0 unspecified atom stereocenters. The van der Waals surface area contributed by atoms with E-state index in [0.717, 1.165) is 12.1 Å². The lowest BCUT2D eigenvalue weighted by Crippen LogP contribution is -2.21. The first kappa shape index (κ1) is 22.1. The largest absolute Gasteiger partial charge is 0.497 e. The van der Waals surface area contributed by atoms with E-state index in [1.54, 1.807) is 31.4 Å². The quantitative estimate of drug-likeness (QED) is 0.498. The minimum atomic E-state index is -4.51. The topological polar surface area (TPSA) is 73.9 Å². The first-order valence-corrected chi connectivity index (χ1v) is 8.67. The zero-order chi connectivity index (χ0) is 21.3. The van der Waals surface area contributed by atoms with Gasteiger partial charge in [-0.1, -0.05) is 6.07 Å². The molecule has 0 aromatic heterocycles. The molecular formula is C20H20F3NO5. The van der Waals surface area contributed by atoms with Gasteiger partial charge >= 0.3 is 12.1 Å². The third-order valence-electron chi connectivity index (χ3n) is 3.69. The second kappa shape index (κ2) is 10.4. The highest BCUT2D eigenvalue weighted by Gasteiger charge is 2.30. The molecule has 0 heterocycles. The smallest absolute Gasteiger partial charge is 0.416 e. The van der Waals surface area contributed by atoms with Crippen molar-refractivity contribution in [1.82, 2.24) is 0 Å². The summed E-state index contributed by atoms with van der Waals surface area (Å²) in [6, 6.07) is 11.1. The molecule has 0 fully saturated rings. The minimum Gasteiger partial charge on any atom is -0.497 e. The molecule has 1 amide bonds. The summed E-state index contributed by atoms with van der Waals surface area (Å²) in [7, 11) is 1.56. The van der Waals surface area contributed by atoms with E-state index in [-0.39, 0.29) is 18.7 Å². The molecule has 156 valence electrons. The number of rotatable bonds is 9. The van der Waals surface area contributed by atoms with Crippen molar-refractivity contribution in [1.29, 1.82) is 0 Å². The van der Waals surface area contributed by atoms with E-state index in [4.69, 9.17) is 14.2 Å². The fraction of sp³-hybridized carbons (Fsp3) is 0.300. The number of alkyl halides is 3. The van der Waals surface area contributed by atoms with E-state index in [1.807, 2.05) is 0 Å². The predicted molar refractivity (Wildman–Crippen MR) is 98.8 cm³/mol. The zero-order valence-corrected chi connectivity index (χ0v) is 15.6. The SMILES string of the molecule is COc1ccc(OCCCC(=O)OCC(=O)Nc2cccc(C(F)(F)F)c2)cc1. The Morgan fingerprint density at radius 1 is 1.03 bits per heavy atom. The van der Waals surface area contributed by atoms with Crippen LogP contribution in [0, 0.1) is 0 Å². The van der Waals surface area contributed by atoms with Crippen molar-refractivity contribution < 1.29 is 37.0 Å². The second-order valence-corrected chi connectivity index (χ2v) is 5.91. The molecule has 2 aromatic carbocycles. The van der Waals surface area contributed by atoms with Gasteiger partial charge in [-0.15, -0.1) is 0 Å². The van der Waals surface area contributed by atoms with Crippen LogP contribution in [0.4, 0.5) is 18.9 Å². The van der Waals surface area contributed by atoms with Gasteiger partial charge in [0.15, 0.2) is 6.61 Å². The Morgan fingerprint density at radius 3 is 2.38 bits per heavy atom. The number of hydrogen-bond donors (Lipinski definition) is 1. The van der Waals surface area contributed by atoms with Crippen LogP contribution in [-0.4, -0.2) is 32.2 Å². The van der Waals surface area contributed by atoms with Crippen molar-refractivity contribution in [2.75, 3.05) is 25.6 Å². The van der Waals surface area contributed by atoms with Gasteiger partial charge in [0, 0.05) is 12.1 Å². The number of carbonyl (C=O) groups is 2.